The van der Waals surface area contributed by atoms with Crippen LogP contribution < -0.4 is 5.56 Å². The van der Waals surface area contributed by atoms with Gasteiger partial charge in [-0.1, -0.05) is 18.2 Å². The van der Waals surface area contributed by atoms with Gasteiger partial charge in [-0.2, -0.15) is 5.10 Å². The van der Waals surface area contributed by atoms with Crippen molar-refractivity contribution in [1.29, 1.82) is 0 Å². The molecule has 0 unspecified atom stereocenters. The number of aromatic nitrogens is 3. The van der Waals surface area contributed by atoms with Crippen molar-refractivity contribution < 1.29 is 0 Å². The Morgan fingerprint density at radius 1 is 1.16 bits per heavy atom. The molecule has 3 aromatic rings. The molecular formula is C15H15N3O. The van der Waals surface area contributed by atoms with Gasteiger partial charge in [-0.15, -0.1) is 0 Å². The Labute approximate surface area is 110 Å². The van der Waals surface area contributed by atoms with Gasteiger partial charge in [0.25, 0.3) is 5.56 Å². The predicted molar refractivity (Wildman–Crippen MR) is 75.9 cm³/mol. The average Bonchev–Trinajstić information content (AvgIpc) is 2.67. The molecule has 0 amide bonds. The van der Waals surface area contributed by atoms with Crippen molar-refractivity contribution in [1.82, 2.24) is 14.8 Å². The molecule has 4 heteroatoms. The smallest absolute Gasteiger partial charge is 0.259 e. The summed E-state index contributed by atoms with van der Waals surface area (Å²) in [6.45, 7) is 5.78. The van der Waals surface area contributed by atoms with Gasteiger partial charge < -0.3 is 4.98 Å². The number of fused-ring (bicyclic) bond motifs is 1. The second-order valence-electron chi connectivity index (χ2n) is 4.83. The number of para-hydroxylation sites is 1. The molecule has 0 saturated heterocycles. The molecule has 2 aromatic heterocycles. The third-order valence-corrected chi connectivity index (χ3v) is 3.33. The molecule has 0 fully saturated rings. The Morgan fingerprint density at radius 3 is 2.63 bits per heavy atom. The number of aromatic amines is 1. The highest BCUT2D eigenvalue weighted by molar-refractivity contribution is 5.82. The van der Waals surface area contributed by atoms with Crippen LogP contribution in [0.5, 0.6) is 0 Å². The quantitative estimate of drug-likeness (QED) is 0.724. The monoisotopic (exact) mass is 253 g/mol. The largest absolute Gasteiger partial charge is 0.326 e. The molecular weight excluding hydrogens is 238 g/mol. The Balaban J connectivity index is 2.44. The molecule has 0 radical (unpaired) electrons. The molecule has 0 bridgehead atoms. The molecule has 2 heterocycles. The molecule has 0 spiro atoms. The first-order valence-corrected chi connectivity index (χ1v) is 6.23. The molecule has 1 N–H and O–H groups in total. The summed E-state index contributed by atoms with van der Waals surface area (Å²) in [5.74, 6) is 0. The van der Waals surface area contributed by atoms with Crippen LogP contribution >= 0.6 is 0 Å². The maximum absolute atomic E-state index is 12.0. The SMILES string of the molecule is Cc1cc2c(c(C)nn2-c2ccccc2C)c(=O)[nH]1. The van der Waals surface area contributed by atoms with Gasteiger partial charge in [0.2, 0.25) is 0 Å². The van der Waals surface area contributed by atoms with Crippen LogP contribution in [0.15, 0.2) is 35.1 Å². The number of hydrogen-bond donors (Lipinski definition) is 1. The first-order valence-electron chi connectivity index (χ1n) is 6.23. The van der Waals surface area contributed by atoms with Crippen molar-refractivity contribution >= 4 is 10.9 Å². The molecule has 19 heavy (non-hydrogen) atoms. The second kappa shape index (κ2) is 4.09. The van der Waals surface area contributed by atoms with Gasteiger partial charge in [-0.25, -0.2) is 4.68 Å². The fraction of sp³-hybridized carbons (Fsp3) is 0.200. The van der Waals surface area contributed by atoms with Gasteiger partial charge in [-0.3, -0.25) is 4.79 Å². The first kappa shape index (κ1) is 11.7. The zero-order valence-corrected chi connectivity index (χ0v) is 11.2. The van der Waals surface area contributed by atoms with Crippen LogP contribution in [0, 0.1) is 20.8 Å². The topological polar surface area (TPSA) is 50.7 Å². The highest BCUT2D eigenvalue weighted by atomic mass is 16.1. The summed E-state index contributed by atoms with van der Waals surface area (Å²) in [5, 5.41) is 5.18. The molecule has 0 atom stereocenters. The molecule has 0 aliphatic heterocycles. The number of pyridine rings is 1. The van der Waals surface area contributed by atoms with E-state index in [9.17, 15) is 4.79 Å². The van der Waals surface area contributed by atoms with Crippen LogP contribution in [-0.2, 0) is 0 Å². The first-order chi connectivity index (χ1) is 9.08. The Kier molecular flexibility index (Phi) is 2.52. The summed E-state index contributed by atoms with van der Waals surface area (Å²) in [4.78, 5) is 14.9. The highest BCUT2D eigenvalue weighted by Gasteiger charge is 2.13. The lowest BCUT2D eigenvalue weighted by Gasteiger charge is -2.07. The minimum Gasteiger partial charge on any atom is -0.326 e. The third-order valence-electron chi connectivity index (χ3n) is 3.33. The lowest BCUT2D eigenvalue weighted by molar-refractivity contribution is 0.881. The molecule has 0 aliphatic rings. The zero-order chi connectivity index (χ0) is 13.6. The lowest BCUT2D eigenvalue weighted by Crippen LogP contribution is -2.08. The zero-order valence-electron chi connectivity index (χ0n) is 11.2. The summed E-state index contributed by atoms with van der Waals surface area (Å²) < 4.78 is 1.85. The summed E-state index contributed by atoms with van der Waals surface area (Å²) in [5.41, 5.74) is 4.50. The number of benzene rings is 1. The number of hydrogen-bond acceptors (Lipinski definition) is 2. The van der Waals surface area contributed by atoms with E-state index in [0.29, 0.717) is 5.39 Å². The van der Waals surface area contributed by atoms with E-state index in [1.165, 1.54) is 0 Å². The molecule has 3 rings (SSSR count). The predicted octanol–water partition coefficient (Wildman–Crippen LogP) is 2.64. The number of aryl methyl sites for hydroxylation is 3. The standard InChI is InChI=1S/C15H15N3O/c1-9-6-4-5-7-12(9)18-13-8-10(2)16-15(19)14(13)11(3)17-18/h4-8H,1-3H3,(H,16,19). The van der Waals surface area contributed by atoms with Gasteiger partial charge in [-0.05, 0) is 38.5 Å². The maximum Gasteiger partial charge on any atom is 0.259 e. The molecule has 4 nitrogen and oxygen atoms in total. The van der Waals surface area contributed by atoms with E-state index in [-0.39, 0.29) is 5.56 Å². The minimum atomic E-state index is -0.0765. The lowest BCUT2D eigenvalue weighted by atomic mass is 10.2. The van der Waals surface area contributed by atoms with Gasteiger partial charge in [0.1, 0.15) is 0 Å². The van der Waals surface area contributed by atoms with E-state index in [1.807, 2.05) is 55.8 Å². The highest BCUT2D eigenvalue weighted by Crippen LogP contribution is 2.21. The van der Waals surface area contributed by atoms with Crippen LogP contribution in [0.4, 0.5) is 0 Å². The Bertz CT molecular complexity index is 827. The summed E-state index contributed by atoms with van der Waals surface area (Å²) >= 11 is 0. The number of H-pyrrole nitrogens is 1. The van der Waals surface area contributed by atoms with Crippen molar-refractivity contribution in [3.63, 3.8) is 0 Å². The van der Waals surface area contributed by atoms with Crippen LogP contribution in [0.25, 0.3) is 16.6 Å². The number of nitrogens with zero attached hydrogens (tertiary/aromatic N) is 2. The number of nitrogens with one attached hydrogen (secondary N) is 1. The van der Waals surface area contributed by atoms with Crippen LogP contribution in [0.3, 0.4) is 0 Å². The normalized spacial score (nSPS) is 11.1. The fourth-order valence-electron chi connectivity index (χ4n) is 2.43. The van der Waals surface area contributed by atoms with Crippen molar-refractivity contribution in [3.8, 4) is 5.69 Å². The second-order valence-corrected chi connectivity index (χ2v) is 4.83. The third kappa shape index (κ3) is 1.76. The van der Waals surface area contributed by atoms with Gasteiger partial charge in [0.15, 0.2) is 0 Å². The summed E-state index contributed by atoms with van der Waals surface area (Å²) in [6.07, 6.45) is 0. The van der Waals surface area contributed by atoms with Crippen molar-refractivity contribution in [2.45, 2.75) is 20.8 Å². The van der Waals surface area contributed by atoms with Crippen LogP contribution in [0.1, 0.15) is 17.0 Å². The van der Waals surface area contributed by atoms with Crippen LogP contribution in [-0.4, -0.2) is 14.8 Å². The molecule has 96 valence electrons. The van der Waals surface area contributed by atoms with Gasteiger partial charge in [0.05, 0.1) is 22.3 Å². The summed E-state index contributed by atoms with van der Waals surface area (Å²) in [7, 11) is 0. The fourth-order valence-corrected chi connectivity index (χ4v) is 2.43. The molecule has 0 aliphatic carbocycles. The maximum atomic E-state index is 12.0. The van der Waals surface area contributed by atoms with Crippen LogP contribution in [0.2, 0.25) is 0 Å². The molecule has 0 saturated carbocycles. The summed E-state index contributed by atoms with van der Waals surface area (Å²) in [6, 6.07) is 9.99. The Hall–Kier alpha value is -2.36. The van der Waals surface area contributed by atoms with E-state index in [1.54, 1.807) is 0 Å². The van der Waals surface area contributed by atoms with E-state index in [2.05, 4.69) is 10.1 Å². The van der Waals surface area contributed by atoms with Crippen molar-refractivity contribution in [2.24, 2.45) is 0 Å². The van der Waals surface area contributed by atoms with E-state index in [4.69, 9.17) is 0 Å². The van der Waals surface area contributed by atoms with E-state index in [0.717, 1.165) is 28.2 Å². The minimum absolute atomic E-state index is 0.0765. The van der Waals surface area contributed by atoms with Gasteiger partial charge in [0, 0.05) is 5.69 Å². The average molecular weight is 253 g/mol. The van der Waals surface area contributed by atoms with E-state index < -0.39 is 0 Å². The Morgan fingerprint density at radius 2 is 1.89 bits per heavy atom. The van der Waals surface area contributed by atoms with Crippen molar-refractivity contribution in [2.75, 3.05) is 0 Å². The van der Waals surface area contributed by atoms with Gasteiger partial charge >= 0.3 is 0 Å². The number of rotatable bonds is 1. The van der Waals surface area contributed by atoms with E-state index >= 15 is 0 Å². The van der Waals surface area contributed by atoms with Crippen molar-refractivity contribution in [3.05, 3.63) is 57.6 Å². The molecule has 1 aromatic carbocycles.